The van der Waals surface area contributed by atoms with Crippen LogP contribution in [0.2, 0.25) is 0 Å². The Kier molecular flexibility index (Phi) is 6.63. The van der Waals surface area contributed by atoms with E-state index in [1.807, 2.05) is 17.7 Å². The third kappa shape index (κ3) is 4.50. The van der Waals surface area contributed by atoms with E-state index in [1.165, 1.54) is 29.9 Å². The lowest BCUT2D eigenvalue weighted by atomic mass is 9.99. The number of aliphatic hydroxyl groups excluding tert-OH is 2. The van der Waals surface area contributed by atoms with E-state index in [0.717, 1.165) is 16.9 Å². The molecule has 0 saturated carbocycles. The fourth-order valence-corrected chi connectivity index (χ4v) is 3.97. The van der Waals surface area contributed by atoms with Gasteiger partial charge in [0.1, 0.15) is 17.7 Å². The second kappa shape index (κ2) is 9.62. The first-order valence-electron chi connectivity index (χ1n) is 10.8. The topological polar surface area (TPSA) is 89.5 Å². The molecule has 2 aromatic heterocycles. The van der Waals surface area contributed by atoms with Crippen molar-refractivity contribution in [1.82, 2.24) is 14.1 Å². The number of aryl methyl sites for hydroxylation is 1. The maximum Gasteiger partial charge on any atom is 0.257 e. The first kappa shape index (κ1) is 23.4. The Bertz CT molecular complexity index is 1360. The van der Waals surface area contributed by atoms with Crippen LogP contribution in [0.5, 0.6) is 5.75 Å². The summed E-state index contributed by atoms with van der Waals surface area (Å²) in [7, 11) is 1.53. The molecule has 34 heavy (non-hydrogen) atoms. The summed E-state index contributed by atoms with van der Waals surface area (Å²) >= 11 is 0. The number of ether oxygens (including phenoxy) is 1. The Hall–Kier alpha value is -3.75. The fraction of sp³-hybridized carbons (Fsp3) is 0.231. The number of nitrogens with zero attached hydrogens (tertiary/aromatic N) is 3. The first-order chi connectivity index (χ1) is 16.3. The molecule has 0 aliphatic carbocycles. The van der Waals surface area contributed by atoms with E-state index in [2.05, 4.69) is 4.98 Å². The molecule has 0 amide bonds. The number of aliphatic hydroxyl groups is 2. The van der Waals surface area contributed by atoms with Gasteiger partial charge in [0.25, 0.3) is 5.56 Å². The van der Waals surface area contributed by atoms with Crippen LogP contribution >= 0.6 is 0 Å². The summed E-state index contributed by atoms with van der Waals surface area (Å²) in [6.45, 7) is 3.38. The number of aromatic nitrogens is 3. The average molecular weight is 464 g/mol. The van der Waals surface area contributed by atoms with Crippen LogP contribution in [-0.4, -0.2) is 31.4 Å². The third-order valence-corrected chi connectivity index (χ3v) is 5.88. The third-order valence-electron chi connectivity index (χ3n) is 5.88. The molecule has 2 atom stereocenters. The number of pyridine rings is 1. The van der Waals surface area contributed by atoms with Crippen LogP contribution in [0.3, 0.4) is 0 Å². The van der Waals surface area contributed by atoms with Gasteiger partial charge in [-0.3, -0.25) is 4.79 Å². The molecule has 7 nitrogen and oxygen atoms in total. The highest BCUT2D eigenvalue weighted by atomic mass is 19.1. The summed E-state index contributed by atoms with van der Waals surface area (Å²) in [6.07, 6.45) is 3.83. The van der Waals surface area contributed by atoms with Crippen LogP contribution in [0.15, 0.2) is 72.0 Å². The summed E-state index contributed by atoms with van der Waals surface area (Å²) in [5.74, 6) is 0.138. The molecule has 0 spiro atoms. The van der Waals surface area contributed by atoms with Gasteiger partial charge in [0.05, 0.1) is 43.0 Å². The molecule has 1 unspecified atom stereocenters. The minimum atomic E-state index is -1.25. The molecule has 4 rings (SSSR count). The monoisotopic (exact) mass is 463 g/mol. The zero-order valence-electron chi connectivity index (χ0n) is 19.1. The molecule has 0 saturated heterocycles. The molecule has 2 heterocycles. The van der Waals surface area contributed by atoms with Crippen LogP contribution in [0.1, 0.15) is 47.0 Å². The standard InChI is InChI=1S/C26H26FN3O4/c1-16-12-29(15-28-16)23-9-6-20(11-24(23)34-3)25(32)22-10-18(14-31)13-30(26(22)33)17(2)19-4-7-21(27)8-5-19/h4-13,15,17,25,31-32H,14H2,1-3H3/t17-,25?/m0/s1. The van der Waals surface area contributed by atoms with Crippen molar-refractivity contribution >= 4 is 0 Å². The van der Waals surface area contributed by atoms with E-state index in [1.54, 1.807) is 49.8 Å². The van der Waals surface area contributed by atoms with Gasteiger partial charge < -0.3 is 24.1 Å². The van der Waals surface area contributed by atoms with Crippen LogP contribution < -0.4 is 10.3 Å². The van der Waals surface area contributed by atoms with Crippen molar-refractivity contribution in [3.05, 3.63) is 111 Å². The molecular formula is C26H26FN3O4. The number of rotatable bonds is 7. The molecule has 0 aliphatic rings. The van der Waals surface area contributed by atoms with Crippen molar-refractivity contribution in [2.24, 2.45) is 0 Å². The summed E-state index contributed by atoms with van der Waals surface area (Å²) in [6, 6.07) is 12.1. The predicted molar refractivity (Wildman–Crippen MR) is 126 cm³/mol. The maximum absolute atomic E-state index is 13.4. The highest BCUT2D eigenvalue weighted by Gasteiger charge is 2.21. The average Bonchev–Trinajstić information content (AvgIpc) is 3.29. The summed E-state index contributed by atoms with van der Waals surface area (Å²) in [4.78, 5) is 17.6. The van der Waals surface area contributed by atoms with Crippen molar-refractivity contribution < 1.29 is 19.3 Å². The van der Waals surface area contributed by atoms with Gasteiger partial charge in [0, 0.05) is 12.4 Å². The molecule has 176 valence electrons. The number of hydrogen-bond donors (Lipinski definition) is 2. The second-order valence-electron chi connectivity index (χ2n) is 8.16. The lowest BCUT2D eigenvalue weighted by Gasteiger charge is -2.21. The number of halogens is 1. The Balaban J connectivity index is 1.76. The molecule has 4 aromatic rings. The molecule has 2 N–H and O–H groups in total. The minimum Gasteiger partial charge on any atom is -0.495 e. The normalized spacial score (nSPS) is 13.0. The van der Waals surface area contributed by atoms with E-state index >= 15 is 0 Å². The van der Waals surface area contributed by atoms with Crippen LogP contribution in [0, 0.1) is 12.7 Å². The van der Waals surface area contributed by atoms with Crippen molar-refractivity contribution in [3.63, 3.8) is 0 Å². The second-order valence-corrected chi connectivity index (χ2v) is 8.16. The van der Waals surface area contributed by atoms with E-state index in [0.29, 0.717) is 16.9 Å². The van der Waals surface area contributed by atoms with Crippen molar-refractivity contribution in [2.75, 3.05) is 7.11 Å². The molecule has 8 heteroatoms. The zero-order chi connectivity index (χ0) is 24.4. The Morgan fingerprint density at radius 3 is 2.41 bits per heavy atom. The molecule has 0 bridgehead atoms. The van der Waals surface area contributed by atoms with Gasteiger partial charge in [-0.25, -0.2) is 9.37 Å². The molecule has 0 radical (unpaired) electrons. The lowest BCUT2D eigenvalue weighted by molar-refractivity contribution is 0.216. The smallest absolute Gasteiger partial charge is 0.257 e. The molecule has 2 aromatic carbocycles. The van der Waals surface area contributed by atoms with Crippen LogP contribution in [0.4, 0.5) is 4.39 Å². The number of hydrogen-bond acceptors (Lipinski definition) is 5. The first-order valence-corrected chi connectivity index (χ1v) is 10.8. The number of benzene rings is 2. The molecule has 0 fully saturated rings. The van der Waals surface area contributed by atoms with E-state index < -0.39 is 17.7 Å². The minimum absolute atomic E-state index is 0.119. The Morgan fingerprint density at radius 2 is 1.79 bits per heavy atom. The molecular weight excluding hydrogens is 437 g/mol. The fourth-order valence-electron chi connectivity index (χ4n) is 3.97. The van der Waals surface area contributed by atoms with Gasteiger partial charge >= 0.3 is 0 Å². The quantitative estimate of drug-likeness (QED) is 0.437. The van der Waals surface area contributed by atoms with Gasteiger partial charge in [-0.15, -0.1) is 0 Å². The molecule has 0 aliphatic heterocycles. The Labute approximate surface area is 196 Å². The van der Waals surface area contributed by atoms with Gasteiger partial charge in [-0.1, -0.05) is 18.2 Å². The van der Waals surface area contributed by atoms with E-state index in [9.17, 15) is 19.4 Å². The Morgan fingerprint density at radius 1 is 1.09 bits per heavy atom. The summed E-state index contributed by atoms with van der Waals surface area (Å²) in [5.41, 5.74) is 2.96. The maximum atomic E-state index is 13.4. The summed E-state index contributed by atoms with van der Waals surface area (Å²) in [5, 5.41) is 21.0. The van der Waals surface area contributed by atoms with E-state index in [-0.39, 0.29) is 18.0 Å². The number of imidazole rings is 1. The summed E-state index contributed by atoms with van der Waals surface area (Å²) < 4.78 is 22.1. The predicted octanol–water partition coefficient (Wildman–Crippen LogP) is 3.67. The van der Waals surface area contributed by atoms with Gasteiger partial charge in [0.15, 0.2) is 0 Å². The lowest BCUT2D eigenvalue weighted by Crippen LogP contribution is -2.29. The van der Waals surface area contributed by atoms with Gasteiger partial charge in [-0.2, -0.15) is 0 Å². The van der Waals surface area contributed by atoms with Crippen molar-refractivity contribution in [1.29, 1.82) is 0 Å². The SMILES string of the molecule is COc1cc(C(O)c2cc(CO)cn([C@@H](C)c3ccc(F)cc3)c2=O)ccc1-n1cnc(C)c1. The largest absolute Gasteiger partial charge is 0.495 e. The number of methoxy groups -OCH3 is 1. The van der Waals surface area contributed by atoms with Crippen LogP contribution in [0.25, 0.3) is 5.69 Å². The zero-order valence-corrected chi connectivity index (χ0v) is 19.1. The highest BCUT2D eigenvalue weighted by molar-refractivity contribution is 5.50. The van der Waals surface area contributed by atoms with Crippen LogP contribution in [-0.2, 0) is 6.61 Å². The van der Waals surface area contributed by atoms with Crippen molar-refractivity contribution in [2.45, 2.75) is 32.6 Å². The van der Waals surface area contributed by atoms with E-state index in [4.69, 9.17) is 4.74 Å². The van der Waals surface area contributed by atoms with Gasteiger partial charge in [-0.05, 0) is 60.9 Å². The highest BCUT2D eigenvalue weighted by Crippen LogP contribution is 2.30. The van der Waals surface area contributed by atoms with Gasteiger partial charge in [0.2, 0.25) is 0 Å². The van der Waals surface area contributed by atoms with Crippen molar-refractivity contribution in [3.8, 4) is 11.4 Å².